The van der Waals surface area contributed by atoms with Crippen LogP contribution in [-0.4, -0.2) is 18.3 Å². The lowest BCUT2D eigenvalue weighted by Gasteiger charge is -2.07. The Balaban J connectivity index is 1.91. The third-order valence-electron chi connectivity index (χ3n) is 3.15. The third kappa shape index (κ3) is 2.89. The number of thioether (sulfide) groups is 1. The average molecular weight is 311 g/mol. The summed E-state index contributed by atoms with van der Waals surface area (Å²) in [6.45, 7) is -0.193. The summed E-state index contributed by atoms with van der Waals surface area (Å²) in [6, 6.07) is 14.7. The molecule has 2 aromatic rings. The number of rotatable bonds is 4. The Morgan fingerprint density at radius 3 is 2.64 bits per heavy atom. The SMILES string of the molecule is NC(=O)COc1ccccc1/C=C1\Sc2ccccc2C1=O. The molecular weight excluding hydrogens is 298 g/mol. The third-order valence-corrected chi connectivity index (χ3v) is 4.25. The van der Waals surface area contributed by atoms with Crippen molar-refractivity contribution < 1.29 is 14.3 Å². The van der Waals surface area contributed by atoms with Crippen LogP contribution in [0.25, 0.3) is 6.08 Å². The van der Waals surface area contributed by atoms with Crippen LogP contribution < -0.4 is 10.5 Å². The van der Waals surface area contributed by atoms with E-state index in [-0.39, 0.29) is 12.4 Å². The largest absolute Gasteiger partial charge is 0.483 e. The number of para-hydroxylation sites is 1. The molecule has 4 nitrogen and oxygen atoms in total. The van der Waals surface area contributed by atoms with Crippen molar-refractivity contribution in [3.05, 3.63) is 64.6 Å². The Morgan fingerprint density at radius 1 is 1.14 bits per heavy atom. The number of amides is 1. The molecule has 0 fully saturated rings. The maximum Gasteiger partial charge on any atom is 0.255 e. The standard InChI is InChI=1S/C17H13NO3S/c18-16(19)10-21-13-7-3-1-5-11(13)9-15-17(20)12-6-2-4-8-14(12)22-15/h1-9H,10H2,(H2,18,19)/b15-9-. The second-order valence-corrected chi connectivity index (χ2v) is 5.81. The van der Waals surface area contributed by atoms with Crippen LogP contribution in [0.1, 0.15) is 15.9 Å². The van der Waals surface area contributed by atoms with Gasteiger partial charge in [0.25, 0.3) is 5.91 Å². The van der Waals surface area contributed by atoms with Crippen molar-refractivity contribution in [3.8, 4) is 5.75 Å². The molecule has 1 amide bonds. The molecule has 0 saturated carbocycles. The van der Waals surface area contributed by atoms with Crippen LogP contribution in [0.3, 0.4) is 0 Å². The van der Waals surface area contributed by atoms with Gasteiger partial charge in [-0.25, -0.2) is 0 Å². The first-order valence-corrected chi connectivity index (χ1v) is 7.50. The van der Waals surface area contributed by atoms with Gasteiger partial charge in [-0.2, -0.15) is 0 Å². The van der Waals surface area contributed by atoms with Crippen LogP contribution in [0.4, 0.5) is 0 Å². The van der Waals surface area contributed by atoms with Crippen molar-refractivity contribution in [2.75, 3.05) is 6.61 Å². The molecule has 110 valence electrons. The molecule has 1 aliphatic heterocycles. The maximum absolute atomic E-state index is 12.4. The average Bonchev–Trinajstić information content (AvgIpc) is 2.83. The first-order chi connectivity index (χ1) is 10.6. The van der Waals surface area contributed by atoms with Gasteiger partial charge < -0.3 is 10.5 Å². The molecular formula is C17H13NO3S. The van der Waals surface area contributed by atoms with Crippen molar-refractivity contribution in [2.45, 2.75) is 4.90 Å². The zero-order valence-electron chi connectivity index (χ0n) is 11.6. The minimum atomic E-state index is -0.541. The molecule has 0 atom stereocenters. The number of carbonyl (C=O) groups excluding carboxylic acids is 2. The number of hydrogen-bond donors (Lipinski definition) is 1. The molecule has 0 aliphatic carbocycles. The Labute approximate surface area is 132 Å². The molecule has 5 heteroatoms. The second-order valence-electron chi connectivity index (χ2n) is 4.73. The summed E-state index contributed by atoms with van der Waals surface area (Å²) >= 11 is 1.44. The lowest BCUT2D eigenvalue weighted by Crippen LogP contribution is -2.20. The fourth-order valence-corrected chi connectivity index (χ4v) is 3.20. The molecule has 0 unspecified atom stereocenters. The fraction of sp³-hybridized carbons (Fsp3) is 0.0588. The van der Waals surface area contributed by atoms with Gasteiger partial charge in [-0.05, 0) is 24.3 Å². The quantitative estimate of drug-likeness (QED) is 0.882. The Morgan fingerprint density at radius 2 is 1.86 bits per heavy atom. The van der Waals surface area contributed by atoms with Crippen molar-refractivity contribution in [2.24, 2.45) is 5.73 Å². The van der Waals surface area contributed by atoms with Gasteiger partial charge in [-0.1, -0.05) is 42.1 Å². The topological polar surface area (TPSA) is 69.4 Å². The molecule has 0 aromatic heterocycles. The van der Waals surface area contributed by atoms with Gasteiger partial charge in [0.1, 0.15) is 5.75 Å². The maximum atomic E-state index is 12.4. The Kier molecular flexibility index (Phi) is 3.98. The number of primary amides is 1. The van der Waals surface area contributed by atoms with E-state index in [2.05, 4.69) is 0 Å². The lowest BCUT2D eigenvalue weighted by molar-refractivity contribution is -0.119. The van der Waals surface area contributed by atoms with E-state index in [0.717, 1.165) is 10.5 Å². The first-order valence-electron chi connectivity index (χ1n) is 6.68. The second kappa shape index (κ2) is 6.07. The highest BCUT2D eigenvalue weighted by molar-refractivity contribution is 8.04. The summed E-state index contributed by atoms with van der Waals surface area (Å²) in [5.41, 5.74) is 6.56. The number of benzene rings is 2. The van der Waals surface area contributed by atoms with E-state index >= 15 is 0 Å². The van der Waals surface area contributed by atoms with Crippen molar-refractivity contribution in [1.82, 2.24) is 0 Å². The van der Waals surface area contributed by atoms with Gasteiger partial charge in [0.15, 0.2) is 6.61 Å². The van der Waals surface area contributed by atoms with Crippen LogP contribution in [0.5, 0.6) is 5.75 Å². The first kappa shape index (κ1) is 14.4. The number of carbonyl (C=O) groups is 2. The fourth-order valence-electron chi connectivity index (χ4n) is 2.16. The van der Waals surface area contributed by atoms with Crippen molar-refractivity contribution >= 4 is 29.5 Å². The van der Waals surface area contributed by atoms with Gasteiger partial charge in [-0.3, -0.25) is 9.59 Å². The minimum absolute atomic E-state index is 0.00491. The molecule has 0 bridgehead atoms. The highest BCUT2D eigenvalue weighted by Gasteiger charge is 2.25. The van der Waals surface area contributed by atoms with E-state index in [9.17, 15) is 9.59 Å². The van der Waals surface area contributed by atoms with Crippen molar-refractivity contribution in [1.29, 1.82) is 0 Å². The summed E-state index contributed by atoms with van der Waals surface area (Å²) in [5, 5.41) is 0. The van der Waals surface area contributed by atoms with Crippen molar-refractivity contribution in [3.63, 3.8) is 0 Å². The number of nitrogens with two attached hydrogens (primary N) is 1. The Bertz CT molecular complexity index is 783. The summed E-state index contributed by atoms with van der Waals surface area (Å²) in [6.07, 6.45) is 1.78. The summed E-state index contributed by atoms with van der Waals surface area (Å²) < 4.78 is 5.38. The molecule has 3 rings (SSSR count). The predicted molar refractivity (Wildman–Crippen MR) is 85.7 cm³/mol. The number of allylic oxidation sites excluding steroid dienone is 1. The van der Waals surface area contributed by atoms with Crippen LogP contribution in [0.2, 0.25) is 0 Å². The summed E-state index contributed by atoms with van der Waals surface area (Å²) in [4.78, 5) is 24.8. The number of hydrogen-bond acceptors (Lipinski definition) is 4. The molecule has 0 radical (unpaired) electrons. The lowest BCUT2D eigenvalue weighted by atomic mass is 10.1. The van der Waals surface area contributed by atoms with E-state index < -0.39 is 5.91 Å². The molecule has 22 heavy (non-hydrogen) atoms. The summed E-state index contributed by atoms with van der Waals surface area (Å²) in [7, 11) is 0. The zero-order chi connectivity index (χ0) is 15.5. The molecule has 1 aliphatic rings. The molecule has 0 spiro atoms. The van der Waals surface area contributed by atoms with Gasteiger partial charge >= 0.3 is 0 Å². The number of fused-ring (bicyclic) bond motifs is 1. The number of Topliss-reactive ketones (excluding diaryl/α,β-unsaturated/α-hetero) is 1. The monoisotopic (exact) mass is 311 g/mol. The van der Waals surface area contributed by atoms with Crippen LogP contribution in [0, 0.1) is 0 Å². The molecule has 1 heterocycles. The van der Waals surface area contributed by atoms with Gasteiger partial charge in [-0.15, -0.1) is 0 Å². The number of ketones is 1. The highest BCUT2D eigenvalue weighted by atomic mass is 32.2. The van der Waals surface area contributed by atoms with E-state index in [1.165, 1.54) is 11.8 Å². The molecule has 2 aromatic carbocycles. The number of ether oxygens (including phenoxy) is 1. The van der Waals surface area contributed by atoms with E-state index in [4.69, 9.17) is 10.5 Å². The van der Waals surface area contributed by atoms with Crippen LogP contribution in [-0.2, 0) is 4.79 Å². The van der Waals surface area contributed by atoms with E-state index in [0.29, 0.717) is 16.2 Å². The Hall–Kier alpha value is -2.53. The molecule has 0 saturated heterocycles. The minimum Gasteiger partial charge on any atom is -0.483 e. The van der Waals surface area contributed by atoms with Gasteiger partial charge in [0.2, 0.25) is 5.78 Å². The smallest absolute Gasteiger partial charge is 0.255 e. The van der Waals surface area contributed by atoms with Gasteiger partial charge in [0.05, 0.1) is 4.91 Å². The summed E-state index contributed by atoms with van der Waals surface area (Å²) in [5.74, 6) is -0.00959. The highest BCUT2D eigenvalue weighted by Crippen LogP contribution is 2.41. The van der Waals surface area contributed by atoms with Crippen LogP contribution in [0.15, 0.2) is 58.3 Å². The van der Waals surface area contributed by atoms with E-state index in [1.807, 2.05) is 36.4 Å². The van der Waals surface area contributed by atoms with Gasteiger partial charge in [0, 0.05) is 16.0 Å². The van der Waals surface area contributed by atoms with E-state index in [1.54, 1.807) is 18.2 Å². The predicted octanol–water partition coefficient (Wildman–Crippen LogP) is 2.88. The molecule has 2 N–H and O–H groups in total. The normalized spacial score (nSPS) is 14.9. The zero-order valence-corrected chi connectivity index (χ0v) is 12.4. The van der Waals surface area contributed by atoms with Crippen LogP contribution >= 0.6 is 11.8 Å².